The van der Waals surface area contributed by atoms with Gasteiger partial charge < -0.3 is 4.74 Å². The fourth-order valence-electron chi connectivity index (χ4n) is 4.69. The standard InChI is InChI=1S/C30H29N3O5S/c1-21-11-17-26(18-12-21)39(36,37)32-19-7-6-10-28(32)30(35)38-25-15-13-23(14-16-25)20-27-22(2)31-33(29(27)34)24-8-4-3-5-9-24/h3-5,8-9,11-18,20,28H,6-7,10,19H2,1-2H3. The molecule has 9 heteroatoms. The number of carbonyl (C=O) groups excluding carboxylic acids is 2. The Morgan fingerprint density at radius 1 is 0.949 bits per heavy atom. The van der Waals surface area contributed by atoms with Gasteiger partial charge in [-0.05, 0) is 81.1 Å². The largest absolute Gasteiger partial charge is 0.425 e. The first kappa shape index (κ1) is 26.5. The average Bonchev–Trinajstić information content (AvgIpc) is 3.23. The SMILES string of the molecule is CC1=NN(c2ccccc2)C(=O)C1=Cc1ccc(OC(=O)C2CCCCN2S(=O)(=O)c2ccc(C)cc2)cc1. The minimum Gasteiger partial charge on any atom is -0.425 e. The van der Waals surface area contributed by atoms with Gasteiger partial charge in [-0.2, -0.15) is 14.4 Å². The number of amides is 1. The van der Waals surface area contributed by atoms with E-state index in [2.05, 4.69) is 5.10 Å². The van der Waals surface area contributed by atoms with Gasteiger partial charge in [-0.15, -0.1) is 0 Å². The molecule has 0 bridgehead atoms. The van der Waals surface area contributed by atoms with Crippen LogP contribution < -0.4 is 9.75 Å². The highest BCUT2D eigenvalue weighted by Crippen LogP contribution is 2.28. The third-order valence-corrected chi connectivity index (χ3v) is 8.75. The molecular weight excluding hydrogens is 514 g/mol. The number of ether oxygens (including phenoxy) is 1. The number of benzene rings is 3. The van der Waals surface area contributed by atoms with Gasteiger partial charge in [0.05, 0.1) is 21.9 Å². The zero-order valence-corrected chi connectivity index (χ0v) is 22.6. The molecule has 1 saturated heterocycles. The number of rotatable bonds is 6. The fraction of sp³-hybridized carbons (Fsp3) is 0.233. The van der Waals surface area contributed by atoms with Crippen LogP contribution in [0.4, 0.5) is 5.69 Å². The number of aryl methyl sites for hydroxylation is 1. The van der Waals surface area contributed by atoms with Crippen molar-refractivity contribution in [2.75, 3.05) is 11.6 Å². The van der Waals surface area contributed by atoms with Gasteiger partial charge in [0.2, 0.25) is 10.0 Å². The zero-order valence-electron chi connectivity index (χ0n) is 21.8. The molecule has 3 aromatic carbocycles. The van der Waals surface area contributed by atoms with E-state index in [0.717, 1.165) is 17.5 Å². The Morgan fingerprint density at radius 3 is 2.33 bits per heavy atom. The van der Waals surface area contributed by atoms with Crippen LogP contribution in [0.5, 0.6) is 5.75 Å². The van der Waals surface area contributed by atoms with Crippen LogP contribution in [-0.2, 0) is 19.6 Å². The van der Waals surface area contributed by atoms with Gasteiger partial charge in [0.25, 0.3) is 5.91 Å². The molecule has 0 aliphatic carbocycles. The molecule has 39 heavy (non-hydrogen) atoms. The quantitative estimate of drug-likeness (QED) is 0.249. The number of carbonyl (C=O) groups is 2. The lowest BCUT2D eigenvalue weighted by atomic mass is 10.1. The lowest BCUT2D eigenvalue weighted by molar-refractivity contribution is -0.139. The van der Waals surface area contributed by atoms with Crippen LogP contribution in [-0.4, -0.2) is 42.9 Å². The molecule has 0 spiro atoms. The van der Waals surface area contributed by atoms with Crippen LogP contribution in [0.25, 0.3) is 6.08 Å². The first-order valence-electron chi connectivity index (χ1n) is 12.8. The molecule has 2 aliphatic heterocycles. The van der Waals surface area contributed by atoms with Crippen molar-refractivity contribution in [3.8, 4) is 5.75 Å². The number of sulfonamides is 1. The maximum Gasteiger partial charge on any atom is 0.329 e. The minimum absolute atomic E-state index is 0.163. The minimum atomic E-state index is -3.84. The van der Waals surface area contributed by atoms with Crippen LogP contribution >= 0.6 is 0 Å². The van der Waals surface area contributed by atoms with E-state index in [1.54, 1.807) is 61.5 Å². The summed E-state index contributed by atoms with van der Waals surface area (Å²) >= 11 is 0. The zero-order chi connectivity index (χ0) is 27.6. The molecule has 1 amide bonds. The average molecular weight is 544 g/mol. The predicted molar refractivity (Wildman–Crippen MR) is 150 cm³/mol. The first-order valence-corrected chi connectivity index (χ1v) is 14.2. The molecule has 1 atom stereocenters. The first-order chi connectivity index (χ1) is 18.7. The fourth-order valence-corrected chi connectivity index (χ4v) is 6.33. The highest BCUT2D eigenvalue weighted by molar-refractivity contribution is 7.89. The van der Waals surface area contributed by atoms with Crippen LogP contribution in [0.15, 0.2) is 94.4 Å². The van der Waals surface area contributed by atoms with Crippen molar-refractivity contribution < 1.29 is 22.7 Å². The second kappa shape index (κ2) is 11.0. The summed E-state index contributed by atoms with van der Waals surface area (Å²) in [6, 6.07) is 21.7. The Balaban J connectivity index is 1.29. The highest BCUT2D eigenvalue weighted by atomic mass is 32.2. The summed E-state index contributed by atoms with van der Waals surface area (Å²) in [6.07, 6.45) is 3.56. The molecule has 0 saturated carbocycles. The van der Waals surface area contributed by atoms with Crippen molar-refractivity contribution in [2.24, 2.45) is 5.10 Å². The van der Waals surface area contributed by atoms with Gasteiger partial charge in [-0.25, -0.2) is 13.2 Å². The molecule has 5 rings (SSSR count). The van der Waals surface area contributed by atoms with E-state index in [9.17, 15) is 18.0 Å². The van der Waals surface area contributed by atoms with Crippen LogP contribution in [0.2, 0.25) is 0 Å². The van der Waals surface area contributed by atoms with E-state index in [-0.39, 0.29) is 17.3 Å². The summed E-state index contributed by atoms with van der Waals surface area (Å²) in [4.78, 5) is 26.2. The third kappa shape index (κ3) is 5.55. The Bertz CT molecular complexity index is 1550. The molecule has 3 aromatic rings. The van der Waals surface area contributed by atoms with Crippen LogP contribution in [0, 0.1) is 6.92 Å². The van der Waals surface area contributed by atoms with Gasteiger partial charge in [0, 0.05) is 6.54 Å². The highest BCUT2D eigenvalue weighted by Gasteiger charge is 2.38. The van der Waals surface area contributed by atoms with Crippen LogP contribution in [0.1, 0.15) is 37.3 Å². The van der Waals surface area contributed by atoms with Gasteiger partial charge in [-0.1, -0.05) is 48.0 Å². The van der Waals surface area contributed by atoms with Gasteiger partial charge in [0.1, 0.15) is 11.8 Å². The smallest absolute Gasteiger partial charge is 0.329 e. The Hall–Kier alpha value is -4.08. The molecule has 2 heterocycles. The Morgan fingerprint density at radius 2 is 1.64 bits per heavy atom. The van der Waals surface area contributed by atoms with E-state index >= 15 is 0 Å². The molecule has 200 valence electrons. The van der Waals surface area contributed by atoms with Gasteiger partial charge >= 0.3 is 5.97 Å². The number of nitrogens with zero attached hydrogens (tertiary/aromatic N) is 3. The number of hydrogen-bond donors (Lipinski definition) is 0. The number of piperidine rings is 1. The second-order valence-corrected chi connectivity index (χ2v) is 11.5. The van der Waals surface area contributed by atoms with Crippen LogP contribution in [0.3, 0.4) is 0 Å². The Kier molecular flexibility index (Phi) is 7.45. The van der Waals surface area contributed by atoms with Crippen molar-refractivity contribution >= 4 is 39.4 Å². The Labute approximate surface area is 228 Å². The van der Waals surface area contributed by atoms with E-state index in [4.69, 9.17) is 4.74 Å². The van der Waals surface area contributed by atoms with E-state index in [0.29, 0.717) is 35.6 Å². The molecule has 0 radical (unpaired) electrons. The molecule has 8 nitrogen and oxygen atoms in total. The summed E-state index contributed by atoms with van der Waals surface area (Å²) in [5.74, 6) is -0.528. The number of hydrogen-bond acceptors (Lipinski definition) is 6. The number of esters is 1. The predicted octanol–water partition coefficient (Wildman–Crippen LogP) is 4.95. The molecule has 1 unspecified atom stereocenters. The maximum absolute atomic E-state index is 13.3. The summed E-state index contributed by atoms with van der Waals surface area (Å²) in [5.41, 5.74) is 3.46. The number of anilines is 1. The summed E-state index contributed by atoms with van der Waals surface area (Å²) in [7, 11) is -3.84. The van der Waals surface area contributed by atoms with Crippen molar-refractivity contribution in [2.45, 2.75) is 44.0 Å². The normalized spacial score (nSPS) is 19.3. The van der Waals surface area contributed by atoms with Crippen molar-refractivity contribution in [1.29, 1.82) is 0 Å². The van der Waals surface area contributed by atoms with E-state index < -0.39 is 22.0 Å². The maximum atomic E-state index is 13.3. The lowest BCUT2D eigenvalue weighted by Gasteiger charge is -2.33. The monoisotopic (exact) mass is 543 g/mol. The van der Waals surface area contributed by atoms with Gasteiger partial charge in [-0.3, -0.25) is 4.79 Å². The van der Waals surface area contributed by atoms with Crippen molar-refractivity contribution in [3.05, 3.63) is 95.6 Å². The molecule has 1 fully saturated rings. The molecule has 0 N–H and O–H groups in total. The van der Waals surface area contributed by atoms with Crippen molar-refractivity contribution in [1.82, 2.24) is 4.31 Å². The summed E-state index contributed by atoms with van der Waals surface area (Å²) < 4.78 is 33.5. The summed E-state index contributed by atoms with van der Waals surface area (Å²) in [5, 5.41) is 5.76. The molecule has 0 aromatic heterocycles. The molecule has 2 aliphatic rings. The number of hydrazone groups is 1. The topological polar surface area (TPSA) is 96.3 Å². The third-order valence-electron chi connectivity index (χ3n) is 6.83. The van der Waals surface area contributed by atoms with E-state index in [1.165, 1.54) is 9.31 Å². The number of para-hydroxylation sites is 1. The molecular formula is C30H29N3O5S. The summed E-state index contributed by atoms with van der Waals surface area (Å²) in [6.45, 7) is 3.93. The lowest BCUT2D eigenvalue weighted by Crippen LogP contribution is -2.49. The second-order valence-electron chi connectivity index (χ2n) is 9.63. The van der Waals surface area contributed by atoms with E-state index in [1.807, 2.05) is 37.3 Å². The van der Waals surface area contributed by atoms with Gasteiger partial charge in [0.15, 0.2) is 0 Å². The van der Waals surface area contributed by atoms with Crippen molar-refractivity contribution in [3.63, 3.8) is 0 Å².